The number of para-hydroxylation sites is 2. The molecule has 1 atom stereocenters. The zero-order valence-corrected chi connectivity index (χ0v) is 18.3. The van der Waals surface area contributed by atoms with Crippen LogP contribution in [0.3, 0.4) is 0 Å². The molecular formula is C25H23N5OS. The Labute approximate surface area is 189 Å². The molecular weight excluding hydrogens is 418 g/mol. The van der Waals surface area contributed by atoms with Crippen LogP contribution < -0.4 is 0 Å². The van der Waals surface area contributed by atoms with Crippen molar-refractivity contribution in [3.63, 3.8) is 0 Å². The quantitative estimate of drug-likeness (QED) is 0.363. The van der Waals surface area contributed by atoms with Crippen LogP contribution in [-0.2, 0) is 6.54 Å². The maximum absolute atomic E-state index is 11.0. The van der Waals surface area contributed by atoms with Gasteiger partial charge in [-0.2, -0.15) is 0 Å². The van der Waals surface area contributed by atoms with Gasteiger partial charge in [0, 0.05) is 51.6 Å². The standard InChI is InChI=1S/C25H23N5OS/c31-19(15-29-22-7-3-1-5-20(22)21-6-2-4-8-23(21)29)16-32-25-28-27-24(30(25)18-9-10-18)17-11-13-26-14-12-17/h1-8,11-14,18-19,31H,9-10,15-16H2. The van der Waals surface area contributed by atoms with E-state index in [-0.39, 0.29) is 0 Å². The molecule has 3 aromatic heterocycles. The molecule has 1 aliphatic carbocycles. The number of benzene rings is 2. The first kappa shape index (κ1) is 19.5. The molecule has 6 nitrogen and oxygen atoms in total. The van der Waals surface area contributed by atoms with E-state index >= 15 is 0 Å². The van der Waals surface area contributed by atoms with Crippen molar-refractivity contribution in [1.82, 2.24) is 24.3 Å². The fraction of sp³-hybridized carbons (Fsp3) is 0.240. The van der Waals surface area contributed by atoms with Crippen LogP contribution in [0.15, 0.2) is 78.2 Å². The first-order chi connectivity index (χ1) is 15.8. The number of thioether (sulfide) groups is 1. The number of hydrogen-bond donors (Lipinski definition) is 1. The molecule has 7 heteroatoms. The van der Waals surface area contributed by atoms with Crippen molar-refractivity contribution in [2.45, 2.75) is 36.7 Å². The number of nitrogens with zero attached hydrogens (tertiary/aromatic N) is 5. The van der Waals surface area contributed by atoms with Gasteiger partial charge in [0.1, 0.15) is 0 Å². The highest BCUT2D eigenvalue weighted by Gasteiger charge is 2.30. The Morgan fingerprint density at radius 1 is 0.906 bits per heavy atom. The molecule has 3 heterocycles. The fourth-order valence-corrected chi connectivity index (χ4v) is 5.29. The second-order valence-corrected chi connectivity index (χ2v) is 9.24. The highest BCUT2D eigenvalue weighted by molar-refractivity contribution is 7.99. The summed E-state index contributed by atoms with van der Waals surface area (Å²) in [5.74, 6) is 1.44. The Bertz CT molecular complexity index is 1340. The molecule has 1 aliphatic rings. The van der Waals surface area contributed by atoms with E-state index in [1.165, 1.54) is 10.8 Å². The lowest BCUT2D eigenvalue weighted by Crippen LogP contribution is -2.18. The molecule has 160 valence electrons. The summed E-state index contributed by atoms with van der Waals surface area (Å²) >= 11 is 1.58. The Morgan fingerprint density at radius 2 is 1.56 bits per heavy atom. The van der Waals surface area contributed by atoms with Gasteiger partial charge in [0.25, 0.3) is 0 Å². The number of aliphatic hydroxyl groups excluding tert-OH is 1. The van der Waals surface area contributed by atoms with Crippen LogP contribution in [0.25, 0.3) is 33.2 Å². The molecule has 32 heavy (non-hydrogen) atoms. The summed E-state index contributed by atoms with van der Waals surface area (Å²) in [6, 6.07) is 21.2. The summed E-state index contributed by atoms with van der Waals surface area (Å²) in [5, 5.41) is 23.2. The monoisotopic (exact) mass is 441 g/mol. The Hall–Kier alpha value is -3.16. The van der Waals surface area contributed by atoms with E-state index in [1.807, 2.05) is 12.1 Å². The Kier molecular flexibility index (Phi) is 4.92. The van der Waals surface area contributed by atoms with Gasteiger partial charge in [0.05, 0.1) is 12.6 Å². The third-order valence-corrected chi connectivity index (χ3v) is 7.08. The van der Waals surface area contributed by atoms with E-state index in [2.05, 4.69) is 72.8 Å². The Morgan fingerprint density at radius 3 is 2.22 bits per heavy atom. The summed E-state index contributed by atoms with van der Waals surface area (Å²) in [6.45, 7) is 0.538. The van der Waals surface area contributed by atoms with E-state index in [1.54, 1.807) is 24.2 Å². The molecule has 0 saturated heterocycles. The number of fused-ring (bicyclic) bond motifs is 3. The van der Waals surface area contributed by atoms with Crippen molar-refractivity contribution >= 4 is 33.6 Å². The van der Waals surface area contributed by atoms with Gasteiger partial charge < -0.3 is 9.67 Å². The highest BCUT2D eigenvalue weighted by Crippen LogP contribution is 2.41. The van der Waals surface area contributed by atoms with E-state index in [0.717, 1.165) is 40.4 Å². The minimum Gasteiger partial charge on any atom is -0.390 e. The fourth-order valence-electron chi connectivity index (χ4n) is 4.37. The molecule has 0 aliphatic heterocycles. The van der Waals surface area contributed by atoms with Crippen LogP contribution >= 0.6 is 11.8 Å². The van der Waals surface area contributed by atoms with Crippen LogP contribution in [0, 0.1) is 0 Å². The predicted octanol–water partition coefficient (Wildman–Crippen LogP) is 4.94. The van der Waals surface area contributed by atoms with Gasteiger partial charge in [0.15, 0.2) is 11.0 Å². The van der Waals surface area contributed by atoms with Gasteiger partial charge >= 0.3 is 0 Å². The first-order valence-electron chi connectivity index (χ1n) is 10.9. The molecule has 0 radical (unpaired) electrons. The maximum atomic E-state index is 11.0. The molecule has 0 bridgehead atoms. The normalized spacial score (nSPS) is 14.9. The van der Waals surface area contributed by atoms with Gasteiger partial charge in [-0.25, -0.2) is 0 Å². The van der Waals surface area contributed by atoms with Crippen LogP contribution in [0.1, 0.15) is 18.9 Å². The van der Waals surface area contributed by atoms with Crippen molar-refractivity contribution in [2.24, 2.45) is 0 Å². The van der Waals surface area contributed by atoms with Crippen molar-refractivity contribution in [3.8, 4) is 11.4 Å². The second-order valence-electron chi connectivity index (χ2n) is 8.25. The number of aliphatic hydroxyl groups is 1. The number of pyridine rings is 1. The zero-order valence-electron chi connectivity index (χ0n) is 17.5. The average molecular weight is 442 g/mol. The van der Waals surface area contributed by atoms with Crippen molar-refractivity contribution in [2.75, 3.05) is 5.75 Å². The van der Waals surface area contributed by atoms with Crippen LogP contribution in [0.5, 0.6) is 0 Å². The molecule has 0 spiro atoms. The van der Waals surface area contributed by atoms with Crippen LogP contribution in [0.4, 0.5) is 0 Å². The smallest absolute Gasteiger partial charge is 0.191 e. The number of hydrogen-bond acceptors (Lipinski definition) is 5. The zero-order chi connectivity index (χ0) is 21.5. The molecule has 1 N–H and O–H groups in total. The summed E-state index contributed by atoms with van der Waals surface area (Å²) in [4.78, 5) is 4.11. The molecule has 6 rings (SSSR count). The highest BCUT2D eigenvalue weighted by atomic mass is 32.2. The van der Waals surface area contributed by atoms with Crippen LogP contribution in [0.2, 0.25) is 0 Å². The Balaban J connectivity index is 1.25. The van der Waals surface area contributed by atoms with Gasteiger partial charge in [0.2, 0.25) is 0 Å². The molecule has 1 unspecified atom stereocenters. The second kappa shape index (κ2) is 8.07. The lowest BCUT2D eigenvalue weighted by atomic mass is 10.2. The topological polar surface area (TPSA) is 68.8 Å². The van der Waals surface area contributed by atoms with E-state index in [4.69, 9.17) is 0 Å². The van der Waals surface area contributed by atoms with Gasteiger partial charge in [-0.3, -0.25) is 9.55 Å². The summed E-state index contributed by atoms with van der Waals surface area (Å²) in [5.41, 5.74) is 3.33. The van der Waals surface area contributed by atoms with Crippen LogP contribution in [-0.4, -0.2) is 41.3 Å². The number of aromatic nitrogens is 5. The third kappa shape index (κ3) is 3.47. The molecule has 1 fully saturated rings. The van der Waals surface area contributed by atoms with Gasteiger partial charge in [-0.15, -0.1) is 10.2 Å². The molecule has 2 aromatic carbocycles. The molecule has 1 saturated carbocycles. The van der Waals surface area contributed by atoms with Crippen molar-refractivity contribution in [1.29, 1.82) is 0 Å². The lowest BCUT2D eigenvalue weighted by Gasteiger charge is -2.14. The SMILES string of the molecule is OC(CSc1nnc(-c2ccncc2)n1C1CC1)Cn1c2ccccc2c2ccccc21. The van der Waals surface area contributed by atoms with Crippen molar-refractivity contribution in [3.05, 3.63) is 73.1 Å². The largest absolute Gasteiger partial charge is 0.390 e. The average Bonchev–Trinajstić information content (AvgIpc) is 3.52. The van der Waals surface area contributed by atoms with Gasteiger partial charge in [-0.05, 0) is 37.1 Å². The summed E-state index contributed by atoms with van der Waals surface area (Å²) < 4.78 is 4.46. The molecule has 5 aromatic rings. The summed E-state index contributed by atoms with van der Waals surface area (Å²) in [7, 11) is 0. The minimum absolute atomic E-state index is 0.449. The summed E-state index contributed by atoms with van der Waals surface area (Å²) in [6.07, 6.45) is 5.35. The minimum atomic E-state index is -0.507. The maximum Gasteiger partial charge on any atom is 0.191 e. The number of rotatable bonds is 7. The van der Waals surface area contributed by atoms with Gasteiger partial charge in [-0.1, -0.05) is 48.2 Å². The van der Waals surface area contributed by atoms with E-state index < -0.39 is 6.10 Å². The molecule has 0 amide bonds. The predicted molar refractivity (Wildman–Crippen MR) is 128 cm³/mol. The lowest BCUT2D eigenvalue weighted by molar-refractivity contribution is 0.181. The first-order valence-corrected chi connectivity index (χ1v) is 11.9. The third-order valence-electron chi connectivity index (χ3n) is 5.99. The van der Waals surface area contributed by atoms with E-state index in [0.29, 0.717) is 18.3 Å². The van der Waals surface area contributed by atoms with Crippen molar-refractivity contribution < 1.29 is 5.11 Å². The van der Waals surface area contributed by atoms with E-state index in [9.17, 15) is 5.11 Å².